The Morgan fingerprint density at radius 1 is 1.20 bits per heavy atom. The molecule has 1 amide bonds. The summed E-state index contributed by atoms with van der Waals surface area (Å²) in [5, 5.41) is 5.91. The molecule has 2 N–H and O–H groups in total. The van der Waals surface area contributed by atoms with Crippen molar-refractivity contribution in [1.29, 1.82) is 0 Å². The van der Waals surface area contributed by atoms with Crippen LogP contribution in [0, 0.1) is 6.92 Å². The Morgan fingerprint density at radius 3 is 2.80 bits per heavy atom. The first-order chi connectivity index (χ1) is 12.2. The van der Waals surface area contributed by atoms with Gasteiger partial charge in [-0.05, 0) is 19.1 Å². The number of benzene rings is 1. The SMILES string of the molecule is COCCNc1cc(C(=O)Nc2ccc3c(c2)OCCO3)nc(C)n1. The number of rotatable bonds is 6. The lowest BCUT2D eigenvalue weighted by molar-refractivity contribution is 0.102. The molecule has 2 aromatic rings. The van der Waals surface area contributed by atoms with Crippen LogP contribution >= 0.6 is 0 Å². The minimum absolute atomic E-state index is 0.280. The average Bonchev–Trinajstić information content (AvgIpc) is 2.61. The van der Waals surface area contributed by atoms with Gasteiger partial charge in [-0.1, -0.05) is 0 Å². The third-order valence-corrected chi connectivity index (χ3v) is 3.48. The highest BCUT2D eigenvalue weighted by atomic mass is 16.6. The van der Waals surface area contributed by atoms with E-state index >= 15 is 0 Å². The van der Waals surface area contributed by atoms with E-state index in [4.69, 9.17) is 14.2 Å². The van der Waals surface area contributed by atoms with Crippen LogP contribution in [0.1, 0.15) is 16.3 Å². The fraction of sp³-hybridized carbons (Fsp3) is 0.353. The topological polar surface area (TPSA) is 94.6 Å². The lowest BCUT2D eigenvalue weighted by Crippen LogP contribution is -2.18. The van der Waals surface area contributed by atoms with Crippen LogP contribution in [0.4, 0.5) is 11.5 Å². The number of carbonyl (C=O) groups excluding carboxylic acids is 1. The number of carbonyl (C=O) groups is 1. The van der Waals surface area contributed by atoms with E-state index in [1.807, 2.05) is 0 Å². The molecule has 2 heterocycles. The van der Waals surface area contributed by atoms with Crippen molar-refractivity contribution in [1.82, 2.24) is 9.97 Å². The number of hydrogen-bond donors (Lipinski definition) is 2. The summed E-state index contributed by atoms with van der Waals surface area (Å²) in [4.78, 5) is 20.9. The van der Waals surface area contributed by atoms with Crippen molar-refractivity contribution in [3.8, 4) is 11.5 Å². The molecular formula is C17H20N4O4. The molecule has 0 saturated heterocycles. The third-order valence-electron chi connectivity index (χ3n) is 3.48. The van der Waals surface area contributed by atoms with Crippen LogP contribution in [0.5, 0.6) is 11.5 Å². The first-order valence-corrected chi connectivity index (χ1v) is 7.95. The largest absolute Gasteiger partial charge is 0.486 e. The molecule has 1 aliphatic heterocycles. The maximum atomic E-state index is 12.5. The molecule has 0 spiro atoms. The summed E-state index contributed by atoms with van der Waals surface area (Å²) in [6.07, 6.45) is 0. The number of ether oxygens (including phenoxy) is 3. The van der Waals surface area contributed by atoms with Gasteiger partial charge in [0, 0.05) is 31.5 Å². The van der Waals surface area contributed by atoms with Gasteiger partial charge in [-0.25, -0.2) is 9.97 Å². The summed E-state index contributed by atoms with van der Waals surface area (Å²) >= 11 is 0. The van der Waals surface area contributed by atoms with Gasteiger partial charge in [0.1, 0.15) is 30.5 Å². The van der Waals surface area contributed by atoms with Crippen LogP contribution in [0.2, 0.25) is 0 Å². The molecule has 0 unspecified atom stereocenters. The average molecular weight is 344 g/mol. The van der Waals surface area contributed by atoms with Crippen LogP contribution in [0.15, 0.2) is 24.3 Å². The predicted molar refractivity (Wildman–Crippen MR) is 92.5 cm³/mol. The summed E-state index contributed by atoms with van der Waals surface area (Å²) in [6, 6.07) is 6.87. The van der Waals surface area contributed by atoms with Gasteiger partial charge in [0.15, 0.2) is 11.5 Å². The quantitative estimate of drug-likeness (QED) is 0.773. The van der Waals surface area contributed by atoms with E-state index in [2.05, 4.69) is 20.6 Å². The van der Waals surface area contributed by atoms with E-state index in [1.165, 1.54) is 0 Å². The smallest absolute Gasteiger partial charge is 0.274 e. The number of anilines is 2. The van der Waals surface area contributed by atoms with Crippen molar-refractivity contribution in [2.45, 2.75) is 6.92 Å². The molecule has 0 bridgehead atoms. The van der Waals surface area contributed by atoms with Gasteiger partial charge >= 0.3 is 0 Å². The molecule has 1 aliphatic rings. The molecule has 132 valence electrons. The molecule has 0 radical (unpaired) electrons. The summed E-state index contributed by atoms with van der Waals surface area (Å²) in [6.45, 7) is 3.89. The first-order valence-electron chi connectivity index (χ1n) is 7.95. The Morgan fingerprint density at radius 2 is 2.00 bits per heavy atom. The molecule has 0 atom stereocenters. The summed E-state index contributed by atoms with van der Waals surface area (Å²) in [5.41, 5.74) is 0.890. The third kappa shape index (κ3) is 4.36. The van der Waals surface area contributed by atoms with Crippen molar-refractivity contribution in [2.75, 3.05) is 44.1 Å². The highest BCUT2D eigenvalue weighted by Crippen LogP contribution is 2.32. The highest BCUT2D eigenvalue weighted by Gasteiger charge is 2.15. The summed E-state index contributed by atoms with van der Waals surface area (Å²) < 4.78 is 16.0. The minimum atomic E-state index is -0.322. The van der Waals surface area contributed by atoms with Crippen LogP contribution in [0.25, 0.3) is 0 Å². The van der Waals surface area contributed by atoms with Gasteiger partial charge in [0.05, 0.1) is 6.61 Å². The number of fused-ring (bicyclic) bond motifs is 1. The maximum absolute atomic E-state index is 12.5. The van der Waals surface area contributed by atoms with Gasteiger partial charge in [0.2, 0.25) is 0 Å². The number of aromatic nitrogens is 2. The molecule has 3 rings (SSSR count). The second-order valence-electron chi connectivity index (χ2n) is 5.42. The van der Waals surface area contributed by atoms with Gasteiger partial charge in [-0.3, -0.25) is 4.79 Å². The second-order valence-corrected chi connectivity index (χ2v) is 5.42. The van der Waals surface area contributed by atoms with Crippen molar-refractivity contribution in [3.63, 3.8) is 0 Å². The predicted octanol–water partition coefficient (Wildman–Crippen LogP) is 1.87. The number of hydrogen-bond acceptors (Lipinski definition) is 7. The summed E-state index contributed by atoms with van der Waals surface area (Å²) in [5.74, 6) is 2.06. The van der Waals surface area contributed by atoms with E-state index in [0.29, 0.717) is 55.2 Å². The van der Waals surface area contributed by atoms with Gasteiger partial charge in [-0.15, -0.1) is 0 Å². The number of aryl methyl sites for hydroxylation is 1. The molecule has 1 aromatic heterocycles. The maximum Gasteiger partial charge on any atom is 0.274 e. The second kappa shape index (κ2) is 7.80. The van der Waals surface area contributed by atoms with Crippen molar-refractivity contribution >= 4 is 17.4 Å². The summed E-state index contributed by atoms with van der Waals surface area (Å²) in [7, 11) is 1.62. The minimum Gasteiger partial charge on any atom is -0.486 e. The van der Waals surface area contributed by atoms with Gasteiger partial charge in [0.25, 0.3) is 5.91 Å². The van der Waals surface area contributed by atoms with Crippen LogP contribution < -0.4 is 20.1 Å². The Bertz CT molecular complexity index is 766. The normalized spacial score (nSPS) is 12.6. The Kier molecular flexibility index (Phi) is 5.30. The lowest BCUT2D eigenvalue weighted by Gasteiger charge is -2.19. The van der Waals surface area contributed by atoms with Gasteiger partial charge < -0.3 is 24.8 Å². The van der Waals surface area contributed by atoms with Crippen LogP contribution in [0.3, 0.4) is 0 Å². The van der Waals surface area contributed by atoms with E-state index < -0.39 is 0 Å². The lowest BCUT2D eigenvalue weighted by atomic mass is 10.2. The molecule has 25 heavy (non-hydrogen) atoms. The van der Waals surface area contributed by atoms with E-state index in [0.717, 1.165) is 0 Å². The molecule has 0 aliphatic carbocycles. The Balaban J connectivity index is 1.72. The van der Waals surface area contributed by atoms with E-state index in [-0.39, 0.29) is 11.6 Å². The highest BCUT2D eigenvalue weighted by molar-refractivity contribution is 6.03. The molecule has 1 aromatic carbocycles. The molecule has 8 nitrogen and oxygen atoms in total. The number of nitrogens with zero attached hydrogens (tertiary/aromatic N) is 2. The van der Waals surface area contributed by atoms with E-state index in [9.17, 15) is 4.79 Å². The molecule has 0 saturated carbocycles. The molecule has 0 fully saturated rings. The van der Waals surface area contributed by atoms with Crippen molar-refractivity contribution in [2.24, 2.45) is 0 Å². The molecular weight excluding hydrogens is 324 g/mol. The van der Waals surface area contributed by atoms with E-state index in [1.54, 1.807) is 38.3 Å². The Hall–Kier alpha value is -2.87. The number of nitrogens with one attached hydrogen (secondary N) is 2. The van der Waals surface area contributed by atoms with Crippen LogP contribution in [-0.4, -0.2) is 49.4 Å². The van der Waals surface area contributed by atoms with Crippen molar-refractivity contribution < 1.29 is 19.0 Å². The zero-order valence-electron chi connectivity index (χ0n) is 14.2. The molecule has 8 heteroatoms. The number of amides is 1. The fourth-order valence-corrected chi connectivity index (χ4v) is 2.37. The van der Waals surface area contributed by atoms with Crippen molar-refractivity contribution in [3.05, 3.63) is 35.8 Å². The zero-order valence-corrected chi connectivity index (χ0v) is 14.2. The monoisotopic (exact) mass is 344 g/mol. The zero-order chi connectivity index (χ0) is 17.6. The number of methoxy groups -OCH3 is 1. The van der Waals surface area contributed by atoms with Crippen LogP contribution in [-0.2, 0) is 4.74 Å². The fourth-order valence-electron chi connectivity index (χ4n) is 2.37. The Labute approximate surface area is 145 Å². The first kappa shape index (κ1) is 17.0. The standard InChI is InChI=1S/C17H20N4O4/c1-11-19-13(10-16(20-11)18-5-6-23-2)17(22)21-12-3-4-14-15(9-12)25-8-7-24-14/h3-4,9-10H,5-8H2,1-2H3,(H,21,22)(H,18,19,20). The van der Waals surface area contributed by atoms with Gasteiger partial charge in [-0.2, -0.15) is 0 Å².